The summed E-state index contributed by atoms with van der Waals surface area (Å²) >= 11 is 0. The molecule has 0 radical (unpaired) electrons. The van der Waals surface area contributed by atoms with Gasteiger partial charge in [0.15, 0.2) is 0 Å². The summed E-state index contributed by atoms with van der Waals surface area (Å²) < 4.78 is 5.88. The van der Waals surface area contributed by atoms with E-state index in [2.05, 4.69) is 40.7 Å². The maximum absolute atomic E-state index is 12.3. The second-order valence-electron chi connectivity index (χ2n) is 13.8. The van der Waals surface area contributed by atoms with Crippen LogP contribution in [0.2, 0.25) is 0 Å². The zero-order valence-corrected chi connectivity index (χ0v) is 23.5. The van der Waals surface area contributed by atoms with Gasteiger partial charge in [0.1, 0.15) is 6.10 Å². The molecule has 0 saturated heterocycles. The minimum absolute atomic E-state index is 0.0592. The van der Waals surface area contributed by atoms with Gasteiger partial charge in [0.05, 0.1) is 0 Å². The first-order valence-electron chi connectivity index (χ1n) is 15.2. The molecule has 0 aromatic heterocycles. The lowest BCUT2D eigenvalue weighted by Gasteiger charge is -2.58. The second kappa shape index (κ2) is 11.3. The summed E-state index contributed by atoms with van der Waals surface area (Å²) in [6.45, 7) is 12.7. The summed E-state index contributed by atoms with van der Waals surface area (Å²) in [6.07, 6.45) is 18.8. The molecule has 3 nitrogen and oxygen atoms in total. The number of fused-ring (bicyclic) bond motifs is 5. The van der Waals surface area contributed by atoms with Crippen LogP contribution >= 0.6 is 0 Å². The van der Waals surface area contributed by atoms with Crippen LogP contribution in [0.25, 0.3) is 0 Å². The fourth-order valence-electron chi connectivity index (χ4n) is 9.38. The van der Waals surface area contributed by atoms with Crippen LogP contribution in [0.1, 0.15) is 125 Å². The summed E-state index contributed by atoms with van der Waals surface area (Å²) in [5, 5.41) is 8.96. The van der Waals surface area contributed by atoms with Crippen molar-refractivity contribution in [2.45, 2.75) is 131 Å². The zero-order valence-electron chi connectivity index (χ0n) is 23.5. The van der Waals surface area contributed by atoms with Crippen LogP contribution in [0.15, 0.2) is 11.6 Å². The maximum Gasteiger partial charge on any atom is 0.306 e. The Morgan fingerprint density at radius 1 is 1.03 bits per heavy atom. The molecule has 0 bridgehead atoms. The molecule has 8 unspecified atom stereocenters. The Balaban J connectivity index is 1.39. The molecule has 3 saturated carbocycles. The molecule has 0 aromatic rings. The Hall–Kier alpha value is -0.830. The lowest BCUT2D eigenvalue weighted by atomic mass is 9.47. The normalized spacial score (nSPS) is 39.4. The van der Waals surface area contributed by atoms with Crippen molar-refractivity contribution in [1.82, 2.24) is 0 Å². The van der Waals surface area contributed by atoms with E-state index >= 15 is 0 Å². The van der Waals surface area contributed by atoms with Gasteiger partial charge in [-0.1, -0.05) is 65.5 Å². The summed E-state index contributed by atoms with van der Waals surface area (Å²) in [5.41, 5.74) is 2.45. The molecular weight excluding hydrogens is 432 g/mol. The fraction of sp³-hybridized carbons (Fsp3) is 0.906. The number of hydrogen-bond donors (Lipinski definition) is 1. The van der Waals surface area contributed by atoms with Gasteiger partial charge in [0, 0.05) is 19.4 Å². The standard InChI is InChI=1S/C32H54O3/c1-22(2)9-8-10-23(3)27-14-15-28-26-13-12-24-21-25(35-30(34)11-6-7-20-33)16-18-31(24,4)29(26)17-19-32(27,28)5/h12,22-23,25-29,33H,6-11,13-21H2,1-5H3. The number of allylic oxidation sites excluding steroid dienone is 1. The number of ether oxygens (including phenoxy) is 1. The van der Waals surface area contributed by atoms with E-state index in [4.69, 9.17) is 9.84 Å². The van der Waals surface area contributed by atoms with Gasteiger partial charge in [-0.15, -0.1) is 0 Å². The molecule has 0 aromatic carbocycles. The molecule has 4 aliphatic rings. The lowest BCUT2D eigenvalue weighted by Crippen LogP contribution is -2.51. The number of aliphatic hydroxyl groups excluding tert-OH is 1. The van der Waals surface area contributed by atoms with Crippen molar-refractivity contribution in [3.05, 3.63) is 11.6 Å². The van der Waals surface area contributed by atoms with Crippen LogP contribution in [-0.4, -0.2) is 23.8 Å². The highest BCUT2D eigenvalue weighted by Gasteiger charge is 2.59. The average molecular weight is 487 g/mol. The highest BCUT2D eigenvalue weighted by atomic mass is 16.5. The van der Waals surface area contributed by atoms with Gasteiger partial charge in [0.2, 0.25) is 0 Å². The van der Waals surface area contributed by atoms with Crippen molar-refractivity contribution in [3.63, 3.8) is 0 Å². The average Bonchev–Trinajstić information content (AvgIpc) is 3.16. The summed E-state index contributed by atoms with van der Waals surface area (Å²) in [7, 11) is 0. The summed E-state index contributed by atoms with van der Waals surface area (Å²) in [4.78, 5) is 12.3. The maximum atomic E-state index is 12.3. The van der Waals surface area contributed by atoms with E-state index in [1.54, 1.807) is 5.57 Å². The van der Waals surface area contributed by atoms with E-state index in [9.17, 15) is 4.79 Å². The molecule has 0 heterocycles. The molecule has 4 aliphatic carbocycles. The molecule has 3 fully saturated rings. The Labute approximate surface area is 215 Å². The summed E-state index contributed by atoms with van der Waals surface area (Å²) in [6, 6.07) is 0. The van der Waals surface area contributed by atoms with Crippen LogP contribution in [0.5, 0.6) is 0 Å². The van der Waals surface area contributed by atoms with E-state index in [1.807, 2.05) is 0 Å². The predicted molar refractivity (Wildman–Crippen MR) is 144 cm³/mol. The van der Waals surface area contributed by atoms with Gasteiger partial charge < -0.3 is 9.84 Å². The van der Waals surface area contributed by atoms with Crippen molar-refractivity contribution in [2.24, 2.45) is 46.3 Å². The van der Waals surface area contributed by atoms with Crippen LogP contribution in [0.3, 0.4) is 0 Å². The third-order valence-electron chi connectivity index (χ3n) is 11.3. The van der Waals surface area contributed by atoms with Gasteiger partial charge in [-0.2, -0.15) is 0 Å². The number of esters is 1. The summed E-state index contributed by atoms with van der Waals surface area (Å²) in [5.74, 6) is 5.11. The molecule has 3 heteroatoms. The van der Waals surface area contributed by atoms with E-state index in [0.717, 1.165) is 54.8 Å². The van der Waals surface area contributed by atoms with Gasteiger partial charge in [-0.3, -0.25) is 4.79 Å². The van der Waals surface area contributed by atoms with Gasteiger partial charge in [-0.25, -0.2) is 0 Å². The number of rotatable bonds is 10. The predicted octanol–water partition coefficient (Wildman–Crippen LogP) is 8.10. The van der Waals surface area contributed by atoms with Crippen molar-refractivity contribution in [3.8, 4) is 0 Å². The Morgan fingerprint density at radius 2 is 1.83 bits per heavy atom. The van der Waals surface area contributed by atoms with E-state index in [0.29, 0.717) is 23.7 Å². The largest absolute Gasteiger partial charge is 0.462 e. The van der Waals surface area contributed by atoms with Gasteiger partial charge >= 0.3 is 5.97 Å². The van der Waals surface area contributed by atoms with E-state index in [-0.39, 0.29) is 18.7 Å². The minimum atomic E-state index is -0.0747. The first-order valence-corrected chi connectivity index (χ1v) is 15.2. The van der Waals surface area contributed by atoms with Crippen LogP contribution < -0.4 is 0 Å². The Kier molecular flexibility index (Phi) is 8.77. The fourth-order valence-corrected chi connectivity index (χ4v) is 9.38. The molecular formula is C32H54O3. The molecule has 0 amide bonds. The molecule has 4 rings (SSSR count). The lowest BCUT2D eigenvalue weighted by molar-refractivity contribution is -0.151. The van der Waals surface area contributed by atoms with Crippen molar-refractivity contribution >= 4 is 5.97 Å². The second-order valence-corrected chi connectivity index (χ2v) is 13.8. The van der Waals surface area contributed by atoms with Crippen LogP contribution in [0.4, 0.5) is 0 Å². The van der Waals surface area contributed by atoms with Gasteiger partial charge in [-0.05, 0) is 104 Å². The third kappa shape index (κ3) is 5.55. The molecule has 200 valence electrons. The smallest absolute Gasteiger partial charge is 0.306 e. The zero-order chi connectivity index (χ0) is 25.2. The topological polar surface area (TPSA) is 46.5 Å². The number of carbonyl (C=O) groups excluding carboxylic acids is 1. The number of carbonyl (C=O) groups is 1. The monoisotopic (exact) mass is 486 g/mol. The molecule has 1 N–H and O–H groups in total. The Morgan fingerprint density at radius 3 is 2.57 bits per heavy atom. The van der Waals surface area contributed by atoms with E-state index < -0.39 is 0 Å². The van der Waals surface area contributed by atoms with Crippen molar-refractivity contribution in [2.75, 3.05) is 6.61 Å². The Bertz CT molecular complexity index is 756. The van der Waals surface area contributed by atoms with Crippen molar-refractivity contribution in [1.29, 1.82) is 0 Å². The van der Waals surface area contributed by atoms with Crippen LogP contribution in [0, 0.1) is 46.3 Å². The molecule has 35 heavy (non-hydrogen) atoms. The first kappa shape index (κ1) is 27.2. The highest BCUT2D eigenvalue weighted by Crippen LogP contribution is 2.67. The van der Waals surface area contributed by atoms with Gasteiger partial charge in [0.25, 0.3) is 0 Å². The number of hydrogen-bond acceptors (Lipinski definition) is 3. The number of aliphatic hydroxyl groups is 1. The first-order chi connectivity index (χ1) is 16.7. The quantitative estimate of drug-likeness (QED) is 0.193. The van der Waals surface area contributed by atoms with Crippen molar-refractivity contribution < 1.29 is 14.6 Å². The van der Waals surface area contributed by atoms with E-state index in [1.165, 1.54) is 57.8 Å². The molecule has 0 aliphatic heterocycles. The molecule has 8 atom stereocenters. The highest BCUT2D eigenvalue weighted by molar-refractivity contribution is 5.69. The minimum Gasteiger partial charge on any atom is -0.462 e. The van der Waals surface area contributed by atoms with Crippen LogP contribution in [-0.2, 0) is 9.53 Å². The number of unbranched alkanes of at least 4 members (excludes halogenated alkanes) is 1. The SMILES string of the molecule is CC(C)CCCC(C)C1CCC2C3CC=C4CC(OC(=O)CCCCO)CCC4(C)C3CCC12C. The molecule has 0 spiro atoms. The third-order valence-corrected chi connectivity index (χ3v) is 11.3.